The van der Waals surface area contributed by atoms with Gasteiger partial charge in [-0.15, -0.1) is 0 Å². The fourth-order valence-corrected chi connectivity index (χ4v) is 1.97. The summed E-state index contributed by atoms with van der Waals surface area (Å²) in [6.07, 6.45) is 2.84. The summed E-state index contributed by atoms with van der Waals surface area (Å²) in [6, 6.07) is 10.2. The predicted octanol–water partition coefficient (Wildman–Crippen LogP) is 4.38. The molecule has 0 aromatic heterocycles. The largest absolute Gasteiger partial charge is 0.320 e. The zero-order valence-electron chi connectivity index (χ0n) is 10.2. The summed E-state index contributed by atoms with van der Waals surface area (Å²) in [6.45, 7) is 0. The number of amides is 1. The molecule has 2 aromatic rings. The average Bonchev–Trinajstić information content (AvgIpc) is 2.41. The fourth-order valence-electron chi connectivity index (χ4n) is 1.55. The summed E-state index contributed by atoms with van der Waals surface area (Å²) in [4.78, 5) is 11.6. The summed E-state index contributed by atoms with van der Waals surface area (Å²) in [5.74, 6) is -1.83. The molecule has 0 atom stereocenters. The molecule has 0 saturated carbocycles. The van der Waals surface area contributed by atoms with E-state index in [9.17, 15) is 13.6 Å². The normalized spacial score (nSPS) is 10.8. The summed E-state index contributed by atoms with van der Waals surface area (Å²) < 4.78 is 27.2. The van der Waals surface area contributed by atoms with Crippen LogP contribution in [0.15, 0.2) is 53.0 Å². The Hall–Kier alpha value is -2.01. The van der Waals surface area contributed by atoms with Gasteiger partial charge in [-0.1, -0.05) is 28.1 Å². The standard InChI is InChI=1S/C15H10BrF2NO/c16-11-3-1-2-10(8-11)4-7-15(20)19-14-9-12(17)5-6-13(14)18/h1-9H,(H,19,20)/b7-4+. The molecule has 0 fully saturated rings. The van der Waals surface area contributed by atoms with Crippen molar-refractivity contribution >= 4 is 33.6 Å². The molecule has 2 aromatic carbocycles. The molecule has 2 nitrogen and oxygen atoms in total. The third-order valence-corrected chi connectivity index (χ3v) is 2.96. The van der Waals surface area contributed by atoms with E-state index in [0.717, 1.165) is 28.2 Å². The number of benzene rings is 2. The van der Waals surface area contributed by atoms with E-state index in [2.05, 4.69) is 21.2 Å². The van der Waals surface area contributed by atoms with Gasteiger partial charge in [0.2, 0.25) is 5.91 Å². The van der Waals surface area contributed by atoms with Gasteiger partial charge in [0.1, 0.15) is 11.6 Å². The van der Waals surface area contributed by atoms with Gasteiger partial charge in [-0.05, 0) is 35.9 Å². The van der Waals surface area contributed by atoms with Crippen LogP contribution in [-0.4, -0.2) is 5.91 Å². The van der Waals surface area contributed by atoms with Gasteiger partial charge in [0.15, 0.2) is 0 Å². The highest BCUT2D eigenvalue weighted by atomic mass is 79.9. The predicted molar refractivity (Wildman–Crippen MR) is 78.2 cm³/mol. The van der Waals surface area contributed by atoms with Crippen molar-refractivity contribution in [3.05, 3.63) is 70.2 Å². The number of carbonyl (C=O) groups excluding carboxylic acids is 1. The summed E-state index contributed by atoms with van der Waals surface area (Å²) in [7, 11) is 0. The number of rotatable bonds is 3. The maximum Gasteiger partial charge on any atom is 0.248 e. The van der Waals surface area contributed by atoms with Crippen molar-refractivity contribution < 1.29 is 13.6 Å². The van der Waals surface area contributed by atoms with Gasteiger partial charge in [-0.25, -0.2) is 8.78 Å². The number of halogens is 3. The average molecular weight is 338 g/mol. The molecule has 5 heteroatoms. The third-order valence-electron chi connectivity index (χ3n) is 2.46. The van der Waals surface area contributed by atoms with Crippen molar-refractivity contribution in [1.29, 1.82) is 0 Å². The van der Waals surface area contributed by atoms with Gasteiger partial charge in [-0.3, -0.25) is 4.79 Å². The van der Waals surface area contributed by atoms with Gasteiger partial charge >= 0.3 is 0 Å². The molecule has 0 aliphatic heterocycles. The Morgan fingerprint density at radius 3 is 2.70 bits per heavy atom. The number of hydrogen-bond acceptors (Lipinski definition) is 1. The van der Waals surface area contributed by atoms with E-state index in [1.165, 1.54) is 6.08 Å². The van der Waals surface area contributed by atoms with Crippen LogP contribution in [0.2, 0.25) is 0 Å². The lowest BCUT2D eigenvalue weighted by Gasteiger charge is -2.03. The summed E-state index contributed by atoms with van der Waals surface area (Å²) >= 11 is 3.31. The Labute approximate surface area is 123 Å². The minimum Gasteiger partial charge on any atom is -0.320 e. The fraction of sp³-hybridized carbons (Fsp3) is 0. The lowest BCUT2D eigenvalue weighted by molar-refractivity contribution is -0.111. The van der Waals surface area contributed by atoms with E-state index in [-0.39, 0.29) is 5.69 Å². The molecule has 0 spiro atoms. The van der Waals surface area contributed by atoms with Crippen LogP contribution < -0.4 is 5.32 Å². The lowest BCUT2D eigenvalue weighted by Crippen LogP contribution is -2.09. The topological polar surface area (TPSA) is 29.1 Å². The SMILES string of the molecule is O=C(/C=C/c1cccc(Br)c1)Nc1cc(F)ccc1F. The van der Waals surface area contributed by atoms with Crippen molar-refractivity contribution in [3.63, 3.8) is 0 Å². The highest BCUT2D eigenvalue weighted by Gasteiger charge is 2.05. The molecule has 20 heavy (non-hydrogen) atoms. The summed E-state index contributed by atoms with van der Waals surface area (Å²) in [5, 5.41) is 2.28. The van der Waals surface area contributed by atoms with Gasteiger partial charge < -0.3 is 5.32 Å². The Balaban J connectivity index is 2.07. The first-order valence-corrected chi connectivity index (χ1v) is 6.53. The zero-order chi connectivity index (χ0) is 14.5. The molecule has 2 rings (SSSR count). The third kappa shape index (κ3) is 3.99. The zero-order valence-corrected chi connectivity index (χ0v) is 11.8. The van der Waals surface area contributed by atoms with Crippen LogP contribution in [0.4, 0.5) is 14.5 Å². The second-order valence-corrected chi connectivity index (χ2v) is 4.92. The second kappa shape index (κ2) is 6.43. The molecular weight excluding hydrogens is 328 g/mol. The summed E-state index contributed by atoms with van der Waals surface area (Å²) in [5.41, 5.74) is 0.628. The quantitative estimate of drug-likeness (QED) is 0.827. The van der Waals surface area contributed by atoms with Crippen LogP contribution >= 0.6 is 15.9 Å². The maximum atomic E-state index is 13.3. The van der Waals surface area contributed by atoms with Crippen molar-refractivity contribution in [3.8, 4) is 0 Å². The Kier molecular flexibility index (Phi) is 4.63. The van der Waals surface area contributed by atoms with Crippen LogP contribution in [0.1, 0.15) is 5.56 Å². The molecule has 0 bridgehead atoms. The molecule has 0 saturated heterocycles. The highest BCUT2D eigenvalue weighted by molar-refractivity contribution is 9.10. The van der Waals surface area contributed by atoms with E-state index >= 15 is 0 Å². The van der Waals surface area contributed by atoms with Crippen LogP contribution in [0.3, 0.4) is 0 Å². The van der Waals surface area contributed by atoms with Crippen molar-refractivity contribution in [2.24, 2.45) is 0 Å². The first-order valence-electron chi connectivity index (χ1n) is 5.74. The van der Waals surface area contributed by atoms with E-state index in [1.54, 1.807) is 6.08 Å². The molecule has 0 unspecified atom stereocenters. The van der Waals surface area contributed by atoms with Gasteiger partial charge in [-0.2, -0.15) is 0 Å². The van der Waals surface area contributed by atoms with Crippen molar-refractivity contribution in [1.82, 2.24) is 0 Å². The Bertz CT molecular complexity index is 671. The van der Waals surface area contributed by atoms with Crippen LogP contribution in [0, 0.1) is 11.6 Å². The molecule has 1 N–H and O–H groups in total. The lowest BCUT2D eigenvalue weighted by atomic mass is 10.2. The number of hydrogen-bond donors (Lipinski definition) is 1. The van der Waals surface area contributed by atoms with Crippen LogP contribution in [0.25, 0.3) is 6.08 Å². The number of anilines is 1. The van der Waals surface area contributed by atoms with E-state index in [4.69, 9.17) is 0 Å². The van der Waals surface area contributed by atoms with Crippen LogP contribution in [-0.2, 0) is 4.79 Å². The minimum absolute atomic E-state index is 0.186. The molecule has 0 aliphatic rings. The molecule has 1 amide bonds. The van der Waals surface area contributed by atoms with Crippen molar-refractivity contribution in [2.75, 3.05) is 5.32 Å². The molecule has 0 heterocycles. The Morgan fingerprint density at radius 2 is 1.95 bits per heavy atom. The first-order chi connectivity index (χ1) is 9.54. The van der Waals surface area contributed by atoms with Gasteiger partial charge in [0, 0.05) is 16.6 Å². The number of carbonyl (C=O) groups is 1. The van der Waals surface area contributed by atoms with E-state index in [1.807, 2.05) is 24.3 Å². The molecule has 0 radical (unpaired) electrons. The smallest absolute Gasteiger partial charge is 0.248 e. The monoisotopic (exact) mass is 337 g/mol. The first kappa shape index (κ1) is 14.4. The van der Waals surface area contributed by atoms with Crippen LogP contribution in [0.5, 0.6) is 0 Å². The maximum absolute atomic E-state index is 13.3. The molecule has 0 aliphatic carbocycles. The Morgan fingerprint density at radius 1 is 1.15 bits per heavy atom. The minimum atomic E-state index is -0.685. The van der Waals surface area contributed by atoms with E-state index < -0.39 is 17.5 Å². The van der Waals surface area contributed by atoms with Crippen molar-refractivity contribution in [2.45, 2.75) is 0 Å². The van der Waals surface area contributed by atoms with Gasteiger partial charge in [0.05, 0.1) is 5.69 Å². The van der Waals surface area contributed by atoms with E-state index in [0.29, 0.717) is 0 Å². The number of nitrogens with one attached hydrogen (secondary N) is 1. The highest BCUT2D eigenvalue weighted by Crippen LogP contribution is 2.16. The van der Waals surface area contributed by atoms with Gasteiger partial charge in [0.25, 0.3) is 0 Å². The molecule has 102 valence electrons. The molecular formula is C15H10BrF2NO. The second-order valence-electron chi connectivity index (χ2n) is 4.00.